The third kappa shape index (κ3) is 4.15. The van der Waals surface area contributed by atoms with Gasteiger partial charge < -0.3 is 14.5 Å². The van der Waals surface area contributed by atoms with E-state index in [1.54, 1.807) is 6.26 Å². The summed E-state index contributed by atoms with van der Waals surface area (Å²) in [5.74, 6) is 0.993. The highest BCUT2D eigenvalue weighted by molar-refractivity contribution is 4.97. The van der Waals surface area contributed by atoms with Crippen molar-refractivity contribution in [3.8, 4) is 0 Å². The summed E-state index contributed by atoms with van der Waals surface area (Å²) in [6, 6.07) is 3.91. The lowest BCUT2D eigenvalue weighted by molar-refractivity contribution is -0.0854. The standard InChI is InChI=1S/C13H22N2O2/c1-13(2)11-15(7-9-17-13)6-5-14-10-12-4-3-8-16-12/h3-4,8,14H,5-7,9-11H2,1-2H3. The van der Waals surface area contributed by atoms with Gasteiger partial charge in [-0.1, -0.05) is 0 Å². The van der Waals surface area contributed by atoms with Gasteiger partial charge in [-0.25, -0.2) is 0 Å². The van der Waals surface area contributed by atoms with Gasteiger partial charge in [-0.2, -0.15) is 0 Å². The maximum atomic E-state index is 5.68. The van der Waals surface area contributed by atoms with Crippen LogP contribution in [0.15, 0.2) is 22.8 Å². The van der Waals surface area contributed by atoms with Gasteiger partial charge in [0.05, 0.1) is 25.0 Å². The van der Waals surface area contributed by atoms with Crippen LogP contribution in [0.25, 0.3) is 0 Å². The average molecular weight is 238 g/mol. The summed E-state index contributed by atoms with van der Waals surface area (Å²) in [5, 5.41) is 3.39. The Labute approximate surface area is 103 Å². The first-order valence-electron chi connectivity index (χ1n) is 6.25. The Morgan fingerprint density at radius 1 is 1.47 bits per heavy atom. The second kappa shape index (κ2) is 5.67. The maximum Gasteiger partial charge on any atom is 0.117 e. The molecular formula is C13H22N2O2. The van der Waals surface area contributed by atoms with Crippen molar-refractivity contribution >= 4 is 0 Å². The minimum Gasteiger partial charge on any atom is -0.468 e. The van der Waals surface area contributed by atoms with Crippen LogP contribution in [0.3, 0.4) is 0 Å². The van der Waals surface area contributed by atoms with E-state index < -0.39 is 0 Å². The van der Waals surface area contributed by atoms with E-state index in [0.29, 0.717) is 0 Å². The molecule has 1 saturated heterocycles. The molecule has 1 aliphatic rings. The SMILES string of the molecule is CC1(C)CN(CCNCc2ccco2)CCO1. The molecule has 17 heavy (non-hydrogen) atoms. The molecule has 2 rings (SSSR count). The molecule has 0 saturated carbocycles. The fourth-order valence-corrected chi connectivity index (χ4v) is 2.17. The largest absolute Gasteiger partial charge is 0.468 e. The van der Waals surface area contributed by atoms with E-state index in [1.165, 1.54) is 0 Å². The van der Waals surface area contributed by atoms with Crippen molar-refractivity contribution in [3.05, 3.63) is 24.2 Å². The van der Waals surface area contributed by atoms with Crippen LogP contribution in [0.2, 0.25) is 0 Å². The van der Waals surface area contributed by atoms with E-state index in [9.17, 15) is 0 Å². The van der Waals surface area contributed by atoms with Crippen molar-refractivity contribution in [1.29, 1.82) is 0 Å². The molecular weight excluding hydrogens is 216 g/mol. The van der Waals surface area contributed by atoms with E-state index >= 15 is 0 Å². The molecule has 1 aromatic heterocycles. The molecule has 1 N–H and O–H groups in total. The number of morpholine rings is 1. The fourth-order valence-electron chi connectivity index (χ4n) is 2.17. The molecule has 0 spiro atoms. The van der Waals surface area contributed by atoms with Gasteiger partial charge in [0, 0.05) is 26.2 Å². The lowest BCUT2D eigenvalue weighted by Gasteiger charge is -2.38. The third-order valence-electron chi connectivity index (χ3n) is 2.99. The van der Waals surface area contributed by atoms with Gasteiger partial charge in [0.2, 0.25) is 0 Å². The molecule has 2 heterocycles. The van der Waals surface area contributed by atoms with E-state index in [1.807, 2.05) is 12.1 Å². The van der Waals surface area contributed by atoms with E-state index in [2.05, 4.69) is 24.1 Å². The molecule has 0 aliphatic carbocycles. The summed E-state index contributed by atoms with van der Waals surface area (Å²) in [4.78, 5) is 2.44. The topological polar surface area (TPSA) is 37.6 Å². The Bertz CT molecular complexity index is 322. The van der Waals surface area contributed by atoms with Crippen LogP contribution in [0.4, 0.5) is 0 Å². The summed E-state index contributed by atoms with van der Waals surface area (Å²) < 4.78 is 10.9. The lowest BCUT2D eigenvalue weighted by atomic mass is 10.1. The van der Waals surface area contributed by atoms with Crippen molar-refractivity contribution in [2.45, 2.75) is 26.0 Å². The van der Waals surface area contributed by atoms with Crippen LogP contribution in [0.5, 0.6) is 0 Å². The maximum absolute atomic E-state index is 5.68. The number of furan rings is 1. The van der Waals surface area contributed by atoms with Crippen LogP contribution in [-0.4, -0.2) is 43.3 Å². The van der Waals surface area contributed by atoms with Gasteiger partial charge in [0.25, 0.3) is 0 Å². The predicted octanol–water partition coefficient (Wildman–Crippen LogP) is 1.48. The summed E-state index contributed by atoms with van der Waals surface area (Å²) in [6.07, 6.45) is 1.71. The monoisotopic (exact) mass is 238 g/mol. The number of hydrogen-bond acceptors (Lipinski definition) is 4. The Morgan fingerprint density at radius 3 is 3.06 bits per heavy atom. The molecule has 0 bridgehead atoms. The highest BCUT2D eigenvalue weighted by Gasteiger charge is 2.26. The van der Waals surface area contributed by atoms with Crippen LogP contribution in [0, 0.1) is 0 Å². The van der Waals surface area contributed by atoms with Gasteiger partial charge >= 0.3 is 0 Å². The van der Waals surface area contributed by atoms with Gasteiger partial charge in [0.1, 0.15) is 5.76 Å². The zero-order valence-corrected chi connectivity index (χ0v) is 10.7. The highest BCUT2D eigenvalue weighted by Crippen LogP contribution is 2.15. The molecule has 0 unspecified atom stereocenters. The van der Waals surface area contributed by atoms with Crippen LogP contribution in [0.1, 0.15) is 19.6 Å². The zero-order chi connectivity index (χ0) is 12.1. The molecule has 0 amide bonds. The Morgan fingerprint density at radius 2 is 2.35 bits per heavy atom. The van der Waals surface area contributed by atoms with E-state index in [4.69, 9.17) is 9.15 Å². The second-order valence-electron chi connectivity index (χ2n) is 5.14. The molecule has 0 atom stereocenters. The Hall–Kier alpha value is -0.840. The minimum absolute atomic E-state index is 0.000733. The average Bonchev–Trinajstić information content (AvgIpc) is 2.76. The van der Waals surface area contributed by atoms with Gasteiger partial charge in [-0.05, 0) is 26.0 Å². The Balaban J connectivity index is 1.62. The van der Waals surface area contributed by atoms with Crippen molar-refractivity contribution in [3.63, 3.8) is 0 Å². The molecule has 1 aliphatic heterocycles. The van der Waals surface area contributed by atoms with Crippen LogP contribution < -0.4 is 5.32 Å². The summed E-state index contributed by atoms with van der Waals surface area (Å²) >= 11 is 0. The van der Waals surface area contributed by atoms with Crippen LogP contribution in [-0.2, 0) is 11.3 Å². The molecule has 96 valence electrons. The number of hydrogen-bond donors (Lipinski definition) is 1. The second-order valence-corrected chi connectivity index (χ2v) is 5.14. The number of nitrogens with one attached hydrogen (secondary N) is 1. The normalized spacial score (nSPS) is 20.6. The number of ether oxygens (including phenoxy) is 1. The summed E-state index contributed by atoms with van der Waals surface area (Å²) in [6.45, 7) is 10.0. The molecule has 0 aromatic carbocycles. The molecule has 1 aromatic rings. The Kier molecular flexibility index (Phi) is 4.20. The lowest BCUT2D eigenvalue weighted by Crippen LogP contribution is -2.49. The minimum atomic E-state index is -0.000733. The quantitative estimate of drug-likeness (QED) is 0.789. The predicted molar refractivity (Wildman–Crippen MR) is 66.9 cm³/mol. The first-order valence-corrected chi connectivity index (χ1v) is 6.25. The summed E-state index contributed by atoms with van der Waals surface area (Å²) in [7, 11) is 0. The highest BCUT2D eigenvalue weighted by atomic mass is 16.5. The summed E-state index contributed by atoms with van der Waals surface area (Å²) in [5.41, 5.74) is -0.000733. The van der Waals surface area contributed by atoms with E-state index in [0.717, 1.165) is 45.1 Å². The van der Waals surface area contributed by atoms with Crippen molar-refractivity contribution in [2.75, 3.05) is 32.8 Å². The van der Waals surface area contributed by atoms with Crippen molar-refractivity contribution in [1.82, 2.24) is 10.2 Å². The van der Waals surface area contributed by atoms with Crippen molar-refractivity contribution in [2.24, 2.45) is 0 Å². The van der Waals surface area contributed by atoms with Gasteiger partial charge in [-0.3, -0.25) is 4.90 Å². The third-order valence-corrected chi connectivity index (χ3v) is 2.99. The zero-order valence-electron chi connectivity index (χ0n) is 10.7. The molecule has 4 nitrogen and oxygen atoms in total. The van der Waals surface area contributed by atoms with Crippen molar-refractivity contribution < 1.29 is 9.15 Å². The number of rotatable bonds is 5. The first-order chi connectivity index (χ1) is 8.16. The molecule has 4 heteroatoms. The van der Waals surface area contributed by atoms with Crippen LogP contribution >= 0.6 is 0 Å². The fraction of sp³-hybridized carbons (Fsp3) is 0.692. The molecule has 1 fully saturated rings. The smallest absolute Gasteiger partial charge is 0.117 e. The number of nitrogens with zero attached hydrogens (tertiary/aromatic N) is 1. The van der Waals surface area contributed by atoms with E-state index in [-0.39, 0.29) is 5.60 Å². The van der Waals surface area contributed by atoms with Gasteiger partial charge in [0.15, 0.2) is 0 Å². The molecule has 0 radical (unpaired) electrons. The van der Waals surface area contributed by atoms with Gasteiger partial charge in [-0.15, -0.1) is 0 Å². The first kappa shape index (κ1) is 12.6.